The van der Waals surface area contributed by atoms with Crippen LogP contribution in [0, 0.1) is 18.6 Å². The molecule has 0 aliphatic carbocycles. The van der Waals surface area contributed by atoms with Gasteiger partial charge in [-0.1, -0.05) is 6.92 Å². The second-order valence-electron chi connectivity index (χ2n) is 9.31. The number of nitrogens with one attached hydrogen (secondary N) is 1. The fourth-order valence-electron chi connectivity index (χ4n) is 4.79. The van der Waals surface area contributed by atoms with E-state index in [2.05, 4.69) is 42.0 Å². The maximum Gasteiger partial charge on any atom is 0.228 e. The fraction of sp³-hybridized carbons (Fsp3) is 0.385. The SMILES string of the molecule is CCN1CCN(c2cnc(Nc3cc(-c4cc(F)c5nc(C)n(C(C)C)c5c4)c(F)cn3)nc2)CC1. The first kappa shape index (κ1) is 24.1. The zero-order valence-corrected chi connectivity index (χ0v) is 21.0. The van der Waals surface area contributed by atoms with Crippen molar-refractivity contribution in [2.75, 3.05) is 42.9 Å². The summed E-state index contributed by atoms with van der Waals surface area (Å²) in [5.41, 5.74) is 2.51. The standard InChI is InChI=1S/C26H30F2N8/c1-5-34-6-8-35(9-7-34)19-13-30-26(31-14-19)33-24-12-20(22(28)15-29-24)18-10-21(27)25-23(11-18)36(16(2)3)17(4)32-25/h10-16H,5-9H2,1-4H3,(H,29,30,31,33). The molecule has 4 aromatic rings. The van der Waals surface area contributed by atoms with Gasteiger partial charge in [0.05, 0.1) is 29.8 Å². The summed E-state index contributed by atoms with van der Waals surface area (Å²) in [7, 11) is 0. The summed E-state index contributed by atoms with van der Waals surface area (Å²) < 4.78 is 31.7. The lowest BCUT2D eigenvalue weighted by atomic mass is 10.0. The first-order valence-electron chi connectivity index (χ1n) is 12.2. The number of nitrogens with zero attached hydrogens (tertiary/aromatic N) is 7. The topological polar surface area (TPSA) is 75.0 Å². The van der Waals surface area contributed by atoms with Crippen LogP contribution < -0.4 is 10.2 Å². The number of hydrogen-bond donors (Lipinski definition) is 1. The summed E-state index contributed by atoms with van der Waals surface area (Å²) in [4.78, 5) is 22.0. The van der Waals surface area contributed by atoms with Crippen LogP contribution in [0.3, 0.4) is 0 Å². The maximum atomic E-state index is 14.9. The number of anilines is 3. The molecule has 0 bridgehead atoms. The van der Waals surface area contributed by atoms with E-state index in [1.807, 2.05) is 25.3 Å². The Balaban J connectivity index is 1.40. The van der Waals surface area contributed by atoms with E-state index < -0.39 is 11.6 Å². The zero-order chi connectivity index (χ0) is 25.4. The molecule has 10 heteroatoms. The number of aryl methyl sites for hydroxylation is 1. The van der Waals surface area contributed by atoms with Crippen molar-refractivity contribution >= 4 is 28.5 Å². The van der Waals surface area contributed by atoms with Crippen molar-refractivity contribution in [1.82, 2.24) is 29.4 Å². The number of rotatable bonds is 6. The summed E-state index contributed by atoms with van der Waals surface area (Å²) in [5.74, 6) is 0.390. The Morgan fingerprint density at radius 1 is 0.944 bits per heavy atom. The van der Waals surface area contributed by atoms with Crippen LogP contribution in [0.25, 0.3) is 22.2 Å². The lowest BCUT2D eigenvalue weighted by Crippen LogP contribution is -2.46. The van der Waals surface area contributed by atoms with E-state index in [4.69, 9.17) is 0 Å². The highest BCUT2D eigenvalue weighted by Gasteiger charge is 2.19. The van der Waals surface area contributed by atoms with E-state index in [1.54, 1.807) is 24.5 Å². The van der Waals surface area contributed by atoms with Crippen LogP contribution in [-0.2, 0) is 0 Å². The Morgan fingerprint density at radius 3 is 2.33 bits per heavy atom. The lowest BCUT2D eigenvalue weighted by molar-refractivity contribution is 0.271. The molecule has 0 spiro atoms. The van der Waals surface area contributed by atoms with Crippen LogP contribution in [0.1, 0.15) is 32.6 Å². The summed E-state index contributed by atoms with van der Waals surface area (Å²) in [5, 5.41) is 3.04. The first-order valence-corrected chi connectivity index (χ1v) is 12.2. The predicted octanol–water partition coefficient (Wildman–Crippen LogP) is 4.94. The average Bonchev–Trinajstić information content (AvgIpc) is 3.22. The van der Waals surface area contributed by atoms with Crippen LogP contribution in [0.4, 0.5) is 26.2 Å². The molecule has 0 amide bonds. The van der Waals surface area contributed by atoms with Crippen molar-refractivity contribution in [3.63, 3.8) is 0 Å². The molecule has 1 aliphatic heterocycles. The van der Waals surface area contributed by atoms with Crippen molar-refractivity contribution in [2.45, 2.75) is 33.7 Å². The number of benzene rings is 1. The minimum absolute atomic E-state index is 0.0832. The highest BCUT2D eigenvalue weighted by atomic mass is 19.1. The average molecular weight is 493 g/mol. The molecule has 1 fully saturated rings. The maximum absolute atomic E-state index is 14.9. The van der Waals surface area contributed by atoms with E-state index in [-0.39, 0.29) is 17.1 Å². The quantitative estimate of drug-likeness (QED) is 0.409. The van der Waals surface area contributed by atoms with Gasteiger partial charge in [-0.15, -0.1) is 0 Å². The molecule has 1 N–H and O–H groups in total. The van der Waals surface area contributed by atoms with Gasteiger partial charge < -0.3 is 19.7 Å². The number of pyridine rings is 1. The van der Waals surface area contributed by atoms with Gasteiger partial charge in [-0.25, -0.2) is 28.7 Å². The van der Waals surface area contributed by atoms with Gasteiger partial charge in [-0.3, -0.25) is 0 Å². The van der Waals surface area contributed by atoms with Gasteiger partial charge in [0.2, 0.25) is 5.95 Å². The van der Waals surface area contributed by atoms with E-state index in [0.717, 1.165) is 44.6 Å². The van der Waals surface area contributed by atoms with Gasteiger partial charge in [0.1, 0.15) is 23.0 Å². The van der Waals surface area contributed by atoms with Crippen LogP contribution in [0.15, 0.2) is 36.8 Å². The Morgan fingerprint density at radius 2 is 1.67 bits per heavy atom. The Labute approximate surface area is 209 Å². The molecule has 1 aliphatic rings. The number of aromatic nitrogens is 5. The van der Waals surface area contributed by atoms with Crippen LogP contribution in [-0.4, -0.2) is 62.1 Å². The van der Waals surface area contributed by atoms with Gasteiger partial charge in [0.15, 0.2) is 5.82 Å². The molecule has 1 saturated heterocycles. The number of likely N-dealkylation sites (N-methyl/N-ethyl adjacent to an activating group) is 1. The Bertz CT molecular complexity index is 1380. The summed E-state index contributed by atoms with van der Waals surface area (Å²) >= 11 is 0. The molecule has 8 nitrogen and oxygen atoms in total. The third kappa shape index (κ3) is 4.60. The molecule has 0 unspecified atom stereocenters. The predicted molar refractivity (Wildman–Crippen MR) is 138 cm³/mol. The van der Waals surface area contributed by atoms with Gasteiger partial charge >= 0.3 is 0 Å². The molecule has 0 radical (unpaired) electrons. The number of halogens is 2. The number of piperazine rings is 1. The van der Waals surface area contributed by atoms with Gasteiger partial charge in [0.25, 0.3) is 0 Å². The van der Waals surface area contributed by atoms with Gasteiger partial charge in [-0.2, -0.15) is 0 Å². The van der Waals surface area contributed by atoms with Crippen molar-refractivity contribution in [1.29, 1.82) is 0 Å². The monoisotopic (exact) mass is 492 g/mol. The first-order chi connectivity index (χ1) is 17.3. The largest absolute Gasteiger partial charge is 0.366 e. The molecule has 188 valence electrons. The lowest BCUT2D eigenvalue weighted by Gasteiger charge is -2.35. The normalized spacial score (nSPS) is 14.7. The summed E-state index contributed by atoms with van der Waals surface area (Å²) in [6, 6.07) is 4.70. The number of fused-ring (bicyclic) bond motifs is 1. The highest BCUT2D eigenvalue weighted by Crippen LogP contribution is 2.32. The zero-order valence-electron chi connectivity index (χ0n) is 21.0. The third-order valence-electron chi connectivity index (χ3n) is 6.67. The Hall–Kier alpha value is -3.66. The smallest absolute Gasteiger partial charge is 0.228 e. The van der Waals surface area contributed by atoms with Crippen molar-refractivity contribution in [3.8, 4) is 11.1 Å². The molecule has 0 atom stereocenters. The van der Waals surface area contributed by atoms with Crippen LogP contribution >= 0.6 is 0 Å². The molecule has 5 rings (SSSR count). The molecule has 4 heterocycles. The second kappa shape index (κ2) is 9.77. The molecular weight excluding hydrogens is 462 g/mol. The second-order valence-corrected chi connectivity index (χ2v) is 9.31. The van der Waals surface area contributed by atoms with Crippen molar-refractivity contribution < 1.29 is 8.78 Å². The minimum atomic E-state index is -0.547. The fourth-order valence-corrected chi connectivity index (χ4v) is 4.79. The number of hydrogen-bond acceptors (Lipinski definition) is 7. The molecule has 0 saturated carbocycles. The van der Waals surface area contributed by atoms with Crippen molar-refractivity contribution in [2.24, 2.45) is 0 Å². The summed E-state index contributed by atoms with van der Waals surface area (Å²) in [6.45, 7) is 13.0. The van der Waals surface area contributed by atoms with Gasteiger partial charge in [0, 0.05) is 37.8 Å². The van der Waals surface area contributed by atoms with Crippen LogP contribution in [0.5, 0.6) is 0 Å². The Kier molecular flexibility index (Phi) is 6.53. The molecule has 36 heavy (non-hydrogen) atoms. The molecule has 3 aromatic heterocycles. The van der Waals surface area contributed by atoms with E-state index in [9.17, 15) is 8.78 Å². The van der Waals surface area contributed by atoms with Gasteiger partial charge in [-0.05, 0) is 51.1 Å². The van der Waals surface area contributed by atoms with Crippen LogP contribution in [0.2, 0.25) is 0 Å². The highest BCUT2D eigenvalue weighted by molar-refractivity contribution is 5.84. The molecular formula is C26H30F2N8. The third-order valence-corrected chi connectivity index (χ3v) is 6.67. The molecule has 1 aromatic carbocycles. The minimum Gasteiger partial charge on any atom is -0.366 e. The number of imidazole rings is 1. The van der Waals surface area contributed by atoms with E-state index in [0.29, 0.717) is 28.7 Å². The summed E-state index contributed by atoms with van der Waals surface area (Å²) in [6.07, 6.45) is 4.67. The van der Waals surface area contributed by atoms with E-state index >= 15 is 0 Å². The van der Waals surface area contributed by atoms with E-state index in [1.165, 1.54) is 6.07 Å². The van der Waals surface area contributed by atoms with Crippen molar-refractivity contribution in [3.05, 3.63) is 54.2 Å².